The number of carbonyl (C=O) groups is 1. The molecule has 3 atom stereocenters. The molecule has 0 heterocycles. The zero-order valence-corrected chi connectivity index (χ0v) is 19.2. The number of rotatable bonds is 5. The van der Waals surface area contributed by atoms with Crippen LogP contribution < -0.4 is 4.74 Å². The molecule has 3 rings (SSSR count). The molecule has 0 fully saturated rings. The number of ether oxygens (including phenoxy) is 1. The number of fused-ring (bicyclic) bond motifs is 1. The molecule has 152 valence electrons. The third-order valence-corrected chi connectivity index (χ3v) is 7.08. The SMILES string of the molecule is C=C(C)[C@H]1CC(O[Si](C)(C)C)=C(C)[C@@H]([C@@H]2CCc3cc(OC)ccc3C2=O)C1. The Morgan fingerprint density at radius 3 is 2.54 bits per heavy atom. The molecular weight excluding hydrogens is 364 g/mol. The second-order valence-corrected chi connectivity index (χ2v) is 13.9. The summed E-state index contributed by atoms with van der Waals surface area (Å²) in [5.41, 5.74) is 4.47. The smallest absolute Gasteiger partial charge is 0.241 e. The lowest BCUT2D eigenvalue weighted by molar-refractivity contribution is 0.0842. The number of carbonyl (C=O) groups excluding carboxylic acids is 1. The molecule has 28 heavy (non-hydrogen) atoms. The minimum Gasteiger partial charge on any atom is -0.547 e. The summed E-state index contributed by atoms with van der Waals surface area (Å²) in [5, 5.41) is 0. The molecule has 1 aromatic carbocycles. The summed E-state index contributed by atoms with van der Waals surface area (Å²) < 4.78 is 11.8. The highest BCUT2D eigenvalue weighted by atomic mass is 28.4. The van der Waals surface area contributed by atoms with Crippen LogP contribution in [0.15, 0.2) is 41.7 Å². The maximum atomic E-state index is 13.4. The van der Waals surface area contributed by atoms with Gasteiger partial charge in [-0.1, -0.05) is 12.2 Å². The van der Waals surface area contributed by atoms with Gasteiger partial charge in [-0.2, -0.15) is 0 Å². The predicted octanol–water partition coefficient (Wildman–Crippen LogP) is 6.17. The van der Waals surface area contributed by atoms with Crippen molar-refractivity contribution in [2.45, 2.75) is 59.2 Å². The molecule has 4 heteroatoms. The molecule has 0 radical (unpaired) electrons. The van der Waals surface area contributed by atoms with E-state index in [1.54, 1.807) is 7.11 Å². The van der Waals surface area contributed by atoms with Crippen LogP contribution in [0.25, 0.3) is 0 Å². The van der Waals surface area contributed by atoms with Crippen molar-refractivity contribution < 1.29 is 14.0 Å². The van der Waals surface area contributed by atoms with Gasteiger partial charge in [0.2, 0.25) is 8.32 Å². The number of methoxy groups -OCH3 is 1. The Hall–Kier alpha value is -1.81. The second-order valence-electron chi connectivity index (χ2n) is 9.44. The van der Waals surface area contributed by atoms with Crippen molar-refractivity contribution in [3.05, 3.63) is 52.8 Å². The van der Waals surface area contributed by atoms with Gasteiger partial charge in [0.1, 0.15) is 5.75 Å². The standard InChI is InChI=1S/C24H34O3Si/c1-15(2)18-13-22(16(3)23(14-18)27-28(5,6)7)21-10-8-17-12-19(26-4)9-11-20(17)24(21)25/h9,11-12,18,21-22H,1,8,10,13-14H2,2-7H3/t18-,21+,22+/m1/s1. The Labute approximate surface area is 171 Å². The lowest BCUT2D eigenvalue weighted by Gasteiger charge is -2.39. The van der Waals surface area contributed by atoms with Crippen LogP contribution in [0.4, 0.5) is 0 Å². The first kappa shape index (κ1) is 20.9. The van der Waals surface area contributed by atoms with Gasteiger partial charge in [-0.25, -0.2) is 0 Å². The minimum atomic E-state index is -1.70. The Balaban J connectivity index is 1.94. The Morgan fingerprint density at radius 2 is 1.93 bits per heavy atom. The van der Waals surface area contributed by atoms with Gasteiger partial charge in [0.15, 0.2) is 5.78 Å². The van der Waals surface area contributed by atoms with E-state index in [0.717, 1.165) is 48.3 Å². The summed E-state index contributed by atoms with van der Waals surface area (Å²) in [6.45, 7) is 15.2. The van der Waals surface area contributed by atoms with E-state index in [4.69, 9.17) is 9.16 Å². The van der Waals surface area contributed by atoms with E-state index >= 15 is 0 Å². The molecule has 0 amide bonds. The van der Waals surface area contributed by atoms with E-state index in [0.29, 0.717) is 5.92 Å². The topological polar surface area (TPSA) is 35.5 Å². The molecule has 3 nitrogen and oxygen atoms in total. The molecule has 0 aromatic heterocycles. The van der Waals surface area contributed by atoms with Crippen LogP contribution in [0.1, 0.15) is 49.0 Å². The summed E-state index contributed by atoms with van der Waals surface area (Å²) in [6, 6.07) is 5.86. The van der Waals surface area contributed by atoms with Crippen molar-refractivity contribution in [3.63, 3.8) is 0 Å². The third-order valence-electron chi connectivity index (χ3n) is 6.22. The van der Waals surface area contributed by atoms with Crippen LogP contribution in [0.2, 0.25) is 19.6 Å². The number of hydrogen-bond acceptors (Lipinski definition) is 3. The van der Waals surface area contributed by atoms with Crippen LogP contribution in [0, 0.1) is 17.8 Å². The number of aryl methyl sites for hydroxylation is 1. The van der Waals surface area contributed by atoms with E-state index in [-0.39, 0.29) is 17.6 Å². The fraction of sp³-hybridized carbons (Fsp3) is 0.542. The van der Waals surface area contributed by atoms with E-state index < -0.39 is 8.32 Å². The van der Waals surface area contributed by atoms with Gasteiger partial charge in [-0.05, 0) is 93.9 Å². The minimum absolute atomic E-state index is 0.0308. The zero-order chi connectivity index (χ0) is 20.6. The van der Waals surface area contributed by atoms with Crippen molar-refractivity contribution in [3.8, 4) is 5.75 Å². The number of hydrogen-bond donors (Lipinski definition) is 0. The molecule has 0 bridgehead atoms. The van der Waals surface area contributed by atoms with Gasteiger partial charge < -0.3 is 9.16 Å². The van der Waals surface area contributed by atoms with Crippen LogP contribution in [-0.2, 0) is 10.8 Å². The number of allylic oxidation sites excluding steroid dienone is 3. The maximum Gasteiger partial charge on any atom is 0.241 e. The fourth-order valence-electron chi connectivity index (χ4n) is 4.66. The molecule has 2 aliphatic rings. The number of benzene rings is 1. The second kappa shape index (κ2) is 7.90. The van der Waals surface area contributed by atoms with E-state index in [1.165, 1.54) is 11.1 Å². The fourth-order valence-corrected chi connectivity index (χ4v) is 5.64. The molecule has 0 aliphatic heterocycles. The highest BCUT2D eigenvalue weighted by Crippen LogP contribution is 2.45. The molecular formula is C24H34O3Si. The van der Waals surface area contributed by atoms with Gasteiger partial charge in [-0.3, -0.25) is 4.79 Å². The van der Waals surface area contributed by atoms with Crippen LogP contribution in [0.3, 0.4) is 0 Å². The highest BCUT2D eigenvalue weighted by molar-refractivity contribution is 6.70. The molecule has 1 aromatic rings. The van der Waals surface area contributed by atoms with Gasteiger partial charge in [-0.15, -0.1) is 0 Å². The first-order valence-electron chi connectivity index (χ1n) is 10.4. The summed E-state index contributed by atoms with van der Waals surface area (Å²) in [6.07, 6.45) is 3.75. The average Bonchev–Trinajstić information content (AvgIpc) is 2.62. The Morgan fingerprint density at radius 1 is 1.21 bits per heavy atom. The predicted molar refractivity (Wildman–Crippen MR) is 117 cm³/mol. The summed E-state index contributed by atoms with van der Waals surface area (Å²) >= 11 is 0. The van der Waals surface area contributed by atoms with E-state index in [9.17, 15) is 4.79 Å². The van der Waals surface area contributed by atoms with Crippen LogP contribution >= 0.6 is 0 Å². The normalized spacial score (nSPS) is 25.4. The van der Waals surface area contributed by atoms with Gasteiger partial charge in [0.05, 0.1) is 12.9 Å². The van der Waals surface area contributed by atoms with Crippen molar-refractivity contribution in [2.75, 3.05) is 7.11 Å². The summed E-state index contributed by atoms with van der Waals surface area (Å²) in [7, 11) is -0.0316. The van der Waals surface area contributed by atoms with E-state index in [2.05, 4.69) is 40.1 Å². The van der Waals surface area contributed by atoms with Crippen molar-refractivity contribution in [2.24, 2.45) is 17.8 Å². The van der Waals surface area contributed by atoms with Crippen LogP contribution in [-0.4, -0.2) is 21.2 Å². The zero-order valence-electron chi connectivity index (χ0n) is 18.2. The summed E-state index contributed by atoms with van der Waals surface area (Å²) in [4.78, 5) is 13.4. The van der Waals surface area contributed by atoms with Crippen LogP contribution in [0.5, 0.6) is 5.75 Å². The quantitative estimate of drug-likeness (QED) is 0.439. The first-order chi connectivity index (χ1) is 13.1. The number of Topliss-reactive ketones (excluding diaryl/α,β-unsaturated/α-hetero) is 1. The first-order valence-corrected chi connectivity index (χ1v) is 13.8. The Kier molecular flexibility index (Phi) is 5.90. The lowest BCUT2D eigenvalue weighted by atomic mass is 9.67. The van der Waals surface area contributed by atoms with E-state index in [1.807, 2.05) is 18.2 Å². The maximum absolute atomic E-state index is 13.4. The largest absolute Gasteiger partial charge is 0.547 e. The lowest BCUT2D eigenvalue weighted by Crippen LogP contribution is -2.35. The highest BCUT2D eigenvalue weighted by Gasteiger charge is 2.40. The third kappa shape index (κ3) is 4.27. The molecule has 0 N–H and O–H groups in total. The van der Waals surface area contributed by atoms with Gasteiger partial charge >= 0.3 is 0 Å². The van der Waals surface area contributed by atoms with Gasteiger partial charge in [0, 0.05) is 17.9 Å². The summed E-state index contributed by atoms with van der Waals surface area (Å²) in [5.74, 6) is 2.89. The molecule has 0 saturated heterocycles. The Bertz CT molecular complexity index is 816. The van der Waals surface area contributed by atoms with Gasteiger partial charge in [0.25, 0.3) is 0 Å². The molecule has 0 spiro atoms. The molecule has 0 saturated carbocycles. The van der Waals surface area contributed by atoms with Crippen molar-refractivity contribution >= 4 is 14.1 Å². The van der Waals surface area contributed by atoms with Crippen molar-refractivity contribution in [1.29, 1.82) is 0 Å². The monoisotopic (exact) mass is 398 g/mol. The molecule has 2 aliphatic carbocycles. The van der Waals surface area contributed by atoms with Crippen molar-refractivity contribution in [1.82, 2.24) is 0 Å². The average molecular weight is 399 g/mol. The molecule has 0 unspecified atom stereocenters. The number of ketones is 1.